The zero-order valence-corrected chi connectivity index (χ0v) is 11.0. The summed E-state index contributed by atoms with van der Waals surface area (Å²) < 4.78 is 0. The maximum atomic E-state index is 12.0. The second-order valence-corrected chi connectivity index (χ2v) is 5.03. The summed E-state index contributed by atoms with van der Waals surface area (Å²) in [5, 5.41) is 11.5. The third kappa shape index (κ3) is 3.01. The first kappa shape index (κ1) is 13.3. The summed E-state index contributed by atoms with van der Waals surface area (Å²) in [6.45, 7) is 5.74. The first-order chi connectivity index (χ1) is 8.97. The van der Waals surface area contributed by atoms with E-state index in [1.807, 2.05) is 0 Å². The van der Waals surface area contributed by atoms with Gasteiger partial charge in [-0.25, -0.2) is 14.6 Å². The van der Waals surface area contributed by atoms with Crippen molar-refractivity contribution in [3.05, 3.63) is 24.0 Å². The highest BCUT2D eigenvalue weighted by atomic mass is 16.4. The number of pyridine rings is 1. The zero-order valence-electron chi connectivity index (χ0n) is 11.0. The summed E-state index contributed by atoms with van der Waals surface area (Å²) in [6, 6.07) is 2.74. The van der Waals surface area contributed by atoms with Crippen molar-refractivity contribution in [2.75, 3.05) is 18.4 Å². The van der Waals surface area contributed by atoms with Crippen LogP contribution in [0.1, 0.15) is 24.3 Å². The second kappa shape index (κ2) is 5.26. The molecule has 1 fully saturated rings. The molecule has 1 aromatic heterocycles. The van der Waals surface area contributed by atoms with Crippen LogP contribution in [0.3, 0.4) is 0 Å². The van der Waals surface area contributed by atoms with E-state index < -0.39 is 5.97 Å². The smallest absolute Gasteiger partial charge is 0.354 e. The minimum absolute atomic E-state index is 0.0404. The molecule has 2 atom stereocenters. The van der Waals surface area contributed by atoms with Gasteiger partial charge >= 0.3 is 12.0 Å². The van der Waals surface area contributed by atoms with Crippen molar-refractivity contribution in [3.63, 3.8) is 0 Å². The van der Waals surface area contributed by atoms with Crippen LogP contribution < -0.4 is 5.32 Å². The second-order valence-electron chi connectivity index (χ2n) is 5.03. The summed E-state index contributed by atoms with van der Waals surface area (Å²) >= 11 is 0. The van der Waals surface area contributed by atoms with Gasteiger partial charge in [0, 0.05) is 13.1 Å². The number of aromatic carboxylic acids is 1. The Labute approximate surface area is 111 Å². The number of aromatic nitrogens is 1. The van der Waals surface area contributed by atoms with E-state index in [0.29, 0.717) is 17.5 Å². The van der Waals surface area contributed by atoms with Crippen LogP contribution >= 0.6 is 0 Å². The largest absolute Gasteiger partial charge is 0.477 e. The average molecular weight is 263 g/mol. The van der Waals surface area contributed by atoms with E-state index in [9.17, 15) is 9.59 Å². The lowest BCUT2D eigenvalue weighted by atomic mass is 10.0. The molecular formula is C13H17N3O3. The molecule has 0 aliphatic carbocycles. The first-order valence-corrected chi connectivity index (χ1v) is 6.22. The zero-order chi connectivity index (χ0) is 14.0. The van der Waals surface area contributed by atoms with E-state index in [1.165, 1.54) is 18.3 Å². The number of anilines is 1. The Kier molecular flexibility index (Phi) is 3.69. The molecule has 0 bridgehead atoms. The Morgan fingerprint density at radius 3 is 2.42 bits per heavy atom. The lowest BCUT2D eigenvalue weighted by Gasteiger charge is -2.16. The van der Waals surface area contributed by atoms with Crippen LogP contribution in [0.25, 0.3) is 0 Å². The van der Waals surface area contributed by atoms with Crippen molar-refractivity contribution in [3.8, 4) is 0 Å². The van der Waals surface area contributed by atoms with E-state index in [2.05, 4.69) is 24.1 Å². The molecular weight excluding hydrogens is 246 g/mol. The minimum Gasteiger partial charge on any atom is -0.477 e. The number of rotatable bonds is 2. The predicted molar refractivity (Wildman–Crippen MR) is 70.1 cm³/mol. The first-order valence-electron chi connectivity index (χ1n) is 6.22. The average Bonchev–Trinajstić information content (AvgIpc) is 2.70. The van der Waals surface area contributed by atoms with Gasteiger partial charge in [0.15, 0.2) is 0 Å². The predicted octanol–water partition coefficient (Wildman–Crippen LogP) is 1.90. The number of carbonyl (C=O) groups is 2. The number of carboxylic acid groups (broad SMARTS) is 1. The quantitative estimate of drug-likeness (QED) is 0.853. The summed E-state index contributed by atoms with van der Waals surface area (Å²) in [5.74, 6) is -0.0865. The Bertz CT molecular complexity index is 476. The van der Waals surface area contributed by atoms with Crippen LogP contribution in [0.4, 0.5) is 10.5 Å². The molecule has 0 radical (unpaired) electrons. The number of likely N-dealkylation sites (tertiary alicyclic amines) is 1. The molecule has 0 saturated carbocycles. The molecule has 0 aromatic carbocycles. The number of nitrogens with one attached hydrogen (secondary N) is 1. The number of carbonyl (C=O) groups excluding carboxylic acids is 1. The number of carboxylic acids is 1. The summed E-state index contributed by atoms with van der Waals surface area (Å²) in [5.41, 5.74) is 0.462. The fourth-order valence-corrected chi connectivity index (χ4v) is 2.09. The summed E-state index contributed by atoms with van der Waals surface area (Å²) in [7, 11) is 0. The molecule has 19 heavy (non-hydrogen) atoms. The minimum atomic E-state index is -1.08. The van der Waals surface area contributed by atoms with E-state index in [4.69, 9.17) is 5.11 Å². The van der Waals surface area contributed by atoms with Gasteiger partial charge in [0.2, 0.25) is 0 Å². The van der Waals surface area contributed by atoms with Gasteiger partial charge in [-0.15, -0.1) is 0 Å². The molecule has 2 amide bonds. The molecule has 6 heteroatoms. The molecule has 2 heterocycles. The number of amides is 2. The number of nitrogens with zero attached hydrogens (tertiary/aromatic N) is 2. The van der Waals surface area contributed by atoms with Gasteiger partial charge in [-0.2, -0.15) is 0 Å². The monoisotopic (exact) mass is 263 g/mol. The summed E-state index contributed by atoms with van der Waals surface area (Å²) in [4.78, 5) is 28.2. The van der Waals surface area contributed by atoms with Crippen molar-refractivity contribution in [1.29, 1.82) is 0 Å². The van der Waals surface area contributed by atoms with Gasteiger partial charge in [0.25, 0.3) is 0 Å². The molecule has 2 rings (SSSR count). The Morgan fingerprint density at radius 1 is 1.32 bits per heavy atom. The van der Waals surface area contributed by atoms with Crippen molar-refractivity contribution in [2.24, 2.45) is 11.8 Å². The van der Waals surface area contributed by atoms with Crippen LogP contribution in [0.5, 0.6) is 0 Å². The van der Waals surface area contributed by atoms with Crippen LogP contribution in [0.15, 0.2) is 18.3 Å². The topological polar surface area (TPSA) is 82.5 Å². The normalized spacial score (nSPS) is 22.3. The summed E-state index contributed by atoms with van der Waals surface area (Å²) in [6.07, 6.45) is 1.35. The molecule has 1 aliphatic rings. The van der Waals surface area contributed by atoms with E-state index in [0.717, 1.165) is 13.1 Å². The van der Waals surface area contributed by atoms with Crippen molar-refractivity contribution in [1.82, 2.24) is 9.88 Å². The molecule has 2 N–H and O–H groups in total. The molecule has 2 unspecified atom stereocenters. The Balaban J connectivity index is 1.97. The molecule has 1 aliphatic heterocycles. The Morgan fingerprint density at radius 2 is 1.95 bits per heavy atom. The molecule has 102 valence electrons. The SMILES string of the molecule is CC1CN(C(=O)Nc2ccc(C(=O)O)nc2)CC1C. The molecule has 1 aromatic rings. The molecule has 0 spiro atoms. The lowest BCUT2D eigenvalue weighted by molar-refractivity contribution is 0.0690. The van der Waals surface area contributed by atoms with Gasteiger partial charge in [-0.3, -0.25) is 0 Å². The van der Waals surface area contributed by atoms with E-state index >= 15 is 0 Å². The maximum absolute atomic E-state index is 12.0. The highest BCUT2D eigenvalue weighted by Gasteiger charge is 2.29. The fraction of sp³-hybridized carbons (Fsp3) is 0.462. The van der Waals surface area contributed by atoms with E-state index in [1.54, 1.807) is 4.90 Å². The third-order valence-corrected chi connectivity index (χ3v) is 3.51. The van der Waals surface area contributed by atoms with Gasteiger partial charge in [-0.1, -0.05) is 13.8 Å². The van der Waals surface area contributed by atoms with Gasteiger partial charge in [0.05, 0.1) is 11.9 Å². The van der Waals surface area contributed by atoms with Crippen LogP contribution in [0.2, 0.25) is 0 Å². The van der Waals surface area contributed by atoms with Gasteiger partial charge in [-0.05, 0) is 24.0 Å². The number of urea groups is 1. The van der Waals surface area contributed by atoms with Crippen molar-refractivity contribution >= 4 is 17.7 Å². The molecule has 1 saturated heterocycles. The molecule has 6 nitrogen and oxygen atoms in total. The van der Waals surface area contributed by atoms with Gasteiger partial charge < -0.3 is 15.3 Å². The maximum Gasteiger partial charge on any atom is 0.354 e. The Hall–Kier alpha value is -2.11. The highest BCUT2D eigenvalue weighted by Crippen LogP contribution is 2.22. The third-order valence-electron chi connectivity index (χ3n) is 3.51. The lowest BCUT2D eigenvalue weighted by Crippen LogP contribution is -2.33. The van der Waals surface area contributed by atoms with Crippen LogP contribution in [-0.4, -0.2) is 40.1 Å². The standard InChI is InChI=1S/C13H17N3O3/c1-8-6-16(7-9(8)2)13(19)15-10-3-4-11(12(17)18)14-5-10/h3-5,8-9H,6-7H2,1-2H3,(H,15,19)(H,17,18). The van der Waals surface area contributed by atoms with E-state index in [-0.39, 0.29) is 11.7 Å². The highest BCUT2D eigenvalue weighted by molar-refractivity contribution is 5.90. The van der Waals surface area contributed by atoms with Gasteiger partial charge in [0.1, 0.15) is 5.69 Å². The fourth-order valence-electron chi connectivity index (χ4n) is 2.09. The van der Waals surface area contributed by atoms with Crippen LogP contribution in [-0.2, 0) is 0 Å². The van der Waals surface area contributed by atoms with Crippen LogP contribution in [0, 0.1) is 11.8 Å². The van der Waals surface area contributed by atoms with Crippen molar-refractivity contribution in [2.45, 2.75) is 13.8 Å². The number of hydrogen-bond acceptors (Lipinski definition) is 3. The number of hydrogen-bond donors (Lipinski definition) is 2. The van der Waals surface area contributed by atoms with Crippen molar-refractivity contribution < 1.29 is 14.7 Å².